The largest absolute Gasteiger partial charge is 0.298 e. The lowest BCUT2D eigenvalue weighted by molar-refractivity contribution is 0.112. The monoisotopic (exact) mass is 212 g/mol. The molecule has 0 unspecified atom stereocenters. The first-order valence-corrected chi connectivity index (χ1v) is 5.18. The summed E-state index contributed by atoms with van der Waals surface area (Å²) in [4.78, 5) is 11.5. The standard InChI is InChI=1S/C11H13FOS/c1-11(2,3)14-10-5-4-9(12)6-8(10)7-13/h4-7H,1-3H3. The molecular formula is C11H13FOS. The number of halogens is 1. The van der Waals surface area contributed by atoms with Gasteiger partial charge < -0.3 is 0 Å². The van der Waals surface area contributed by atoms with Crippen molar-refractivity contribution in [3.63, 3.8) is 0 Å². The van der Waals surface area contributed by atoms with Crippen molar-refractivity contribution in [2.75, 3.05) is 0 Å². The maximum absolute atomic E-state index is 12.8. The van der Waals surface area contributed by atoms with E-state index >= 15 is 0 Å². The molecular weight excluding hydrogens is 199 g/mol. The van der Waals surface area contributed by atoms with Gasteiger partial charge in [-0.1, -0.05) is 20.8 Å². The van der Waals surface area contributed by atoms with Crippen LogP contribution in [0.4, 0.5) is 4.39 Å². The molecule has 0 heterocycles. The topological polar surface area (TPSA) is 17.1 Å². The number of hydrogen-bond acceptors (Lipinski definition) is 2. The second kappa shape index (κ2) is 4.13. The number of hydrogen-bond donors (Lipinski definition) is 0. The third-order valence-corrected chi connectivity index (χ3v) is 2.72. The summed E-state index contributed by atoms with van der Waals surface area (Å²) in [7, 11) is 0. The molecule has 0 bridgehead atoms. The maximum Gasteiger partial charge on any atom is 0.151 e. The minimum Gasteiger partial charge on any atom is -0.298 e. The van der Waals surface area contributed by atoms with Gasteiger partial charge in [-0.15, -0.1) is 11.8 Å². The van der Waals surface area contributed by atoms with Gasteiger partial charge in [0.05, 0.1) is 0 Å². The summed E-state index contributed by atoms with van der Waals surface area (Å²) in [5.74, 6) is -0.370. The Balaban J connectivity index is 3.03. The predicted octanol–water partition coefficient (Wildman–Crippen LogP) is 3.53. The fourth-order valence-corrected chi connectivity index (χ4v) is 2.05. The van der Waals surface area contributed by atoms with Crippen LogP contribution in [0.2, 0.25) is 0 Å². The molecule has 76 valence electrons. The second-order valence-electron chi connectivity index (χ2n) is 4.01. The Morgan fingerprint density at radius 3 is 2.50 bits per heavy atom. The molecule has 0 aliphatic carbocycles. The summed E-state index contributed by atoms with van der Waals surface area (Å²) in [6, 6.07) is 4.29. The molecule has 0 amide bonds. The van der Waals surface area contributed by atoms with E-state index in [-0.39, 0.29) is 10.6 Å². The van der Waals surface area contributed by atoms with Gasteiger partial charge >= 0.3 is 0 Å². The lowest BCUT2D eigenvalue weighted by Gasteiger charge is -2.18. The van der Waals surface area contributed by atoms with Crippen molar-refractivity contribution in [1.82, 2.24) is 0 Å². The molecule has 0 saturated heterocycles. The van der Waals surface area contributed by atoms with E-state index in [0.29, 0.717) is 11.8 Å². The Bertz CT molecular complexity index is 342. The van der Waals surface area contributed by atoms with Crippen LogP contribution in [-0.2, 0) is 0 Å². The van der Waals surface area contributed by atoms with Gasteiger partial charge in [0.1, 0.15) is 5.82 Å². The first-order chi connectivity index (χ1) is 6.42. The molecule has 0 N–H and O–H groups in total. The molecule has 3 heteroatoms. The van der Waals surface area contributed by atoms with Crippen LogP contribution in [0.5, 0.6) is 0 Å². The molecule has 0 aliphatic rings. The number of aldehydes is 1. The van der Waals surface area contributed by atoms with Crippen molar-refractivity contribution in [2.24, 2.45) is 0 Å². The average Bonchev–Trinajstić information content (AvgIpc) is 2.06. The Morgan fingerprint density at radius 2 is 2.00 bits per heavy atom. The molecule has 1 rings (SSSR count). The molecule has 0 atom stereocenters. The van der Waals surface area contributed by atoms with E-state index in [1.165, 1.54) is 12.1 Å². The highest BCUT2D eigenvalue weighted by Gasteiger charge is 2.14. The van der Waals surface area contributed by atoms with E-state index in [1.54, 1.807) is 17.8 Å². The molecule has 0 saturated carbocycles. The highest BCUT2D eigenvalue weighted by atomic mass is 32.2. The number of carbonyl (C=O) groups is 1. The molecule has 1 aromatic rings. The first kappa shape index (κ1) is 11.2. The van der Waals surface area contributed by atoms with Gasteiger partial charge in [-0.3, -0.25) is 4.79 Å². The lowest BCUT2D eigenvalue weighted by Crippen LogP contribution is -2.07. The molecule has 0 fully saturated rings. The Kier molecular flexibility index (Phi) is 3.32. The lowest BCUT2D eigenvalue weighted by atomic mass is 10.2. The van der Waals surface area contributed by atoms with Crippen LogP contribution in [0.15, 0.2) is 23.1 Å². The van der Waals surface area contributed by atoms with E-state index in [1.807, 2.05) is 0 Å². The first-order valence-electron chi connectivity index (χ1n) is 4.36. The highest BCUT2D eigenvalue weighted by Crippen LogP contribution is 2.33. The van der Waals surface area contributed by atoms with Crippen molar-refractivity contribution < 1.29 is 9.18 Å². The highest BCUT2D eigenvalue weighted by molar-refractivity contribution is 8.00. The van der Waals surface area contributed by atoms with Gasteiger partial charge in [0.15, 0.2) is 6.29 Å². The quantitative estimate of drug-likeness (QED) is 0.551. The van der Waals surface area contributed by atoms with Gasteiger partial charge in [0.2, 0.25) is 0 Å². The van der Waals surface area contributed by atoms with Crippen molar-refractivity contribution in [2.45, 2.75) is 30.4 Å². The fraction of sp³-hybridized carbons (Fsp3) is 0.364. The third-order valence-electron chi connectivity index (χ3n) is 1.51. The Morgan fingerprint density at radius 1 is 1.36 bits per heavy atom. The molecule has 0 spiro atoms. The SMILES string of the molecule is CC(C)(C)Sc1ccc(F)cc1C=O. The number of carbonyl (C=O) groups excluding carboxylic acids is 1. The predicted molar refractivity (Wildman–Crippen MR) is 57.4 cm³/mol. The molecule has 1 nitrogen and oxygen atoms in total. The van der Waals surface area contributed by atoms with Crippen molar-refractivity contribution in [3.8, 4) is 0 Å². The average molecular weight is 212 g/mol. The number of benzene rings is 1. The summed E-state index contributed by atoms with van der Waals surface area (Å²) in [5, 5.41) is 0. The summed E-state index contributed by atoms with van der Waals surface area (Å²) in [6.07, 6.45) is 0.692. The molecule has 1 aromatic carbocycles. The minimum atomic E-state index is -0.370. The minimum absolute atomic E-state index is 0.0234. The molecule has 0 aromatic heterocycles. The summed E-state index contributed by atoms with van der Waals surface area (Å²) in [6.45, 7) is 6.15. The van der Waals surface area contributed by atoms with Crippen molar-refractivity contribution in [3.05, 3.63) is 29.6 Å². The zero-order valence-corrected chi connectivity index (χ0v) is 9.32. The molecule has 0 aliphatic heterocycles. The van der Waals surface area contributed by atoms with E-state index in [2.05, 4.69) is 20.8 Å². The molecule has 14 heavy (non-hydrogen) atoms. The van der Waals surface area contributed by atoms with Crippen LogP contribution in [0.1, 0.15) is 31.1 Å². The molecule has 0 radical (unpaired) electrons. The van der Waals surface area contributed by atoms with Gasteiger partial charge in [0.25, 0.3) is 0 Å². The van der Waals surface area contributed by atoms with Crippen molar-refractivity contribution in [1.29, 1.82) is 0 Å². The van der Waals surface area contributed by atoms with Crippen LogP contribution in [0.3, 0.4) is 0 Å². The normalized spacial score (nSPS) is 11.4. The van der Waals surface area contributed by atoms with Crippen LogP contribution in [0.25, 0.3) is 0 Å². The van der Waals surface area contributed by atoms with Crippen molar-refractivity contribution >= 4 is 18.0 Å². The zero-order valence-electron chi connectivity index (χ0n) is 8.50. The summed E-state index contributed by atoms with van der Waals surface area (Å²) >= 11 is 1.56. The number of rotatable bonds is 2. The van der Waals surface area contributed by atoms with Gasteiger partial charge in [0, 0.05) is 15.2 Å². The van der Waals surface area contributed by atoms with Crippen LogP contribution >= 0.6 is 11.8 Å². The van der Waals surface area contributed by atoms with E-state index in [0.717, 1.165) is 4.90 Å². The Hall–Kier alpha value is -0.830. The van der Waals surface area contributed by atoms with E-state index in [9.17, 15) is 9.18 Å². The van der Waals surface area contributed by atoms with Gasteiger partial charge in [-0.25, -0.2) is 4.39 Å². The zero-order chi connectivity index (χ0) is 10.8. The smallest absolute Gasteiger partial charge is 0.151 e. The Labute approximate surface area is 87.7 Å². The van der Waals surface area contributed by atoms with E-state index < -0.39 is 0 Å². The summed E-state index contributed by atoms with van der Waals surface area (Å²) < 4.78 is 12.8. The summed E-state index contributed by atoms with van der Waals surface area (Å²) in [5.41, 5.74) is 0.421. The van der Waals surface area contributed by atoms with E-state index in [4.69, 9.17) is 0 Å². The van der Waals surface area contributed by atoms with Crippen LogP contribution < -0.4 is 0 Å². The van der Waals surface area contributed by atoms with Crippen LogP contribution in [0, 0.1) is 5.82 Å². The second-order valence-corrected chi connectivity index (χ2v) is 5.88. The van der Waals surface area contributed by atoms with Gasteiger partial charge in [-0.05, 0) is 18.2 Å². The maximum atomic E-state index is 12.8. The fourth-order valence-electron chi connectivity index (χ4n) is 1.03. The third kappa shape index (κ3) is 3.14. The van der Waals surface area contributed by atoms with Gasteiger partial charge in [-0.2, -0.15) is 0 Å². The van der Waals surface area contributed by atoms with Crippen LogP contribution in [-0.4, -0.2) is 11.0 Å². The number of thioether (sulfide) groups is 1.